The molecule has 3 atom stereocenters. The minimum atomic E-state index is -0.193. The second-order valence-electron chi connectivity index (χ2n) is 6.53. The number of aryl methyl sites for hydroxylation is 2. The van der Waals surface area contributed by atoms with Crippen LogP contribution in [-0.4, -0.2) is 21.0 Å². The Labute approximate surface area is 127 Å². The van der Waals surface area contributed by atoms with E-state index in [-0.39, 0.29) is 6.10 Å². The number of halogens is 1. The molecule has 3 unspecified atom stereocenters. The van der Waals surface area contributed by atoms with Gasteiger partial charge in [-0.3, -0.25) is 4.68 Å². The van der Waals surface area contributed by atoms with E-state index in [2.05, 4.69) is 25.9 Å². The summed E-state index contributed by atoms with van der Waals surface area (Å²) in [7, 11) is 1.95. The Morgan fingerprint density at radius 3 is 2.65 bits per heavy atom. The summed E-state index contributed by atoms with van der Waals surface area (Å²) in [4.78, 5) is 0. The van der Waals surface area contributed by atoms with E-state index in [9.17, 15) is 5.11 Å². The van der Waals surface area contributed by atoms with Gasteiger partial charge in [-0.05, 0) is 49.9 Å². The van der Waals surface area contributed by atoms with Crippen LogP contribution in [0.15, 0.2) is 0 Å². The van der Waals surface area contributed by atoms with E-state index in [1.165, 1.54) is 0 Å². The molecule has 1 N–H and O–H groups in total. The summed E-state index contributed by atoms with van der Waals surface area (Å²) in [6, 6.07) is 0. The Hall–Kier alpha value is -0.540. The number of nitrogens with zero attached hydrogens (tertiary/aromatic N) is 2. The number of hydrogen-bond acceptors (Lipinski definition) is 2. The van der Waals surface area contributed by atoms with Crippen molar-refractivity contribution in [3.63, 3.8) is 0 Å². The summed E-state index contributed by atoms with van der Waals surface area (Å²) in [6.07, 6.45) is 4.67. The monoisotopic (exact) mass is 298 g/mol. The van der Waals surface area contributed by atoms with Crippen molar-refractivity contribution < 1.29 is 5.11 Å². The highest BCUT2D eigenvalue weighted by Crippen LogP contribution is 2.36. The Balaban J connectivity index is 2.13. The predicted octanol–water partition coefficient (Wildman–Crippen LogP) is 3.61. The first-order valence-corrected chi connectivity index (χ1v) is 8.20. The van der Waals surface area contributed by atoms with Crippen molar-refractivity contribution >= 4 is 11.6 Å². The lowest BCUT2D eigenvalue weighted by atomic mass is 9.73. The molecule has 0 bridgehead atoms. The molecule has 1 heterocycles. The lowest BCUT2D eigenvalue weighted by molar-refractivity contribution is 0.0370. The molecule has 1 aromatic rings. The highest BCUT2D eigenvalue weighted by Gasteiger charge is 2.32. The van der Waals surface area contributed by atoms with E-state index in [1.54, 1.807) is 0 Å². The van der Waals surface area contributed by atoms with Crippen LogP contribution < -0.4 is 0 Å². The van der Waals surface area contributed by atoms with E-state index in [4.69, 9.17) is 11.6 Å². The lowest BCUT2D eigenvalue weighted by Crippen LogP contribution is -2.33. The number of aliphatic hydroxyl groups excluding tert-OH is 1. The van der Waals surface area contributed by atoms with Crippen molar-refractivity contribution in [3.8, 4) is 0 Å². The normalized spacial score (nSPS) is 27.2. The third kappa shape index (κ3) is 3.20. The second-order valence-corrected chi connectivity index (χ2v) is 6.91. The number of hydrogen-bond donors (Lipinski definition) is 1. The van der Waals surface area contributed by atoms with Crippen molar-refractivity contribution in [1.82, 2.24) is 9.78 Å². The van der Waals surface area contributed by atoms with Crippen LogP contribution in [0.3, 0.4) is 0 Å². The van der Waals surface area contributed by atoms with Crippen LogP contribution in [0.25, 0.3) is 0 Å². The van der Waals surface area contributed by atoms with Gasteiger partial charge in [0.05, 0.1) is 22.5 Å². The van der Waals surface area contributed by atoms with Crippen molar-refractivity contribution in [3.05, 3.63) is 16.4 Å². The fourth-order valence-corrected chi connectivity index (χ4v) is 3.77. The largest absolute Gasteiger partial charge is 0.393 e. The highest BCUT2D eigenvalue weighted by molar-refractivity contribution is 6.31. The smallest absolute Gasteiger partial charge is 0.0849 e. The van der Waals surface area contributed by atoms with Crippen LogP contribution in [0.2, 0.25) is 5.02 Å². The van der Waals surface area contributed by atoms with Gasteiger partial charge >= 0.3 is 0 Å². The van der Waals surface area contributed by atoms with Crippen LogP contribution in [0.1, 0.15) is 51.4 Å². The van der Waals surface area contributed by atoms with E-state index < -0.39 is 0 Å². The Kier molecular flexibility index (Phi) is 5.14. The van der Waals surface area contributed by atoms with Gasteiger partial charge in [-0.15, -0.1) is 0 Å². The molecule has 4 heteroatoms. The number of aromatic nitrogens is 2. The van der Waals surface area contributed by atoms with E-state index in [0.29, 0.717) is 11.8 Å². The standard InChI is InChI=1S/C16H27ClN2O/c1-5-13-16(17)14(19(4)18-13)9-12-8-11(10(2)3)6-7-15(12)20/h10-12,15,20H,5-9H2,1-4H3. The van der Waals surface area contributed by atoms with E-state index >= 15 is 0 Å². The summed E-state index contributed by atoms with van der Waals surface area (Å²) in [6.45, 7) is 6.64. The highest BCUT2D eigenvalue weighted by atomic mass is 35.5. The van der Waals surface area contributed by atoms with Crippen LogP contribution in [0.5, 0.6) is 0 Å². The summed E-state index contributed by atoms with van der Waals surface area (Å²) in [5, 5.41) is 15.6. The second kappa shape index (κ2) is 6.48. The fraction of sp³-hybridized carbons (Fsp3) is 0.812. The van der Waals surface area contributed by atoms with Gasteiger partial charge in [0, 0.05) is 7.05 Å². The molecule has 1 fully saturated rings. The Morgan fingerprint density at radius 1 is 1.40 bits per heavy atom. The van der Waals surface area contributed by atoms with Gasteiger partial charge in [0.15, 0.2) is 0 Å². The molecular formula is C16H27ClN2O. The minimum absolute atomic E-state index is 0.193. The van der Waals surface area contributed by atoms with Gasteiger partial charge in [-0.2, -0.15) is 5.10 Å². The third-order valence-corrected chi connectivity index (χ3v) is 5.32. The maximum absolute atomic E-state index is 10.3. The first-order valence-electron chi connectivity index (χ1n) is 7.82. The van der Waals surface area contributed by atoms with Crippen LogP contribution >= 0.6 is 11.6 Å². The first-order chi connectivity index (χ1) is 9.43. The summed E-state index contributed by atoms with van der Waals surface area (Å²) < 4.78 is 1.90. The van der Waals surface area contributed by atoms with Crippen molar-refractivity contribution in [2.75, 3.05) is 0 Å². The van der Waals surface area contributed by atoms with Gasteiger partial charge < -0.3 is 5.11 Å². The SMILES string of the molecule is CCc1nn(C)c(CC2CC(C(C)C)CCC2O)c1Cl. The van der Waals surface area contributed by atoms with Gasteiger partial charge in [-0.1, -0.05) is 32.4 Å². The molecule has 20 heavy (non-hydrogen) atoms. The summed E-state index contributed by atoms with van der Waals surface area (Å²) >= 11 is 6.43. The van der Waals surface area contributed by atoms with Crippen LogP contribution in [0, 0.1) is 17.8 Å². The molecule has 1 aliphatic rings. The summed E-state index contributed by atoms with van der Waals surface area (Å²) in [5.41, 5.74) is 2.05. The lowest BCUT2D eigenvalue weighted by Gasteiger charge is -2.35. The average Bonchev–Trinajstić information content (AvgIpc) is 2.68. The van der Waals surface area contributed by atoms with Crippen molar-refractivity contribution in [2.45, 2.75) is 59.0 Å². The molecule has 0 amide bonds. The van der Waals surface area contributed by atoms with Crippen LogP contribution in [-0.2, 0) is 19.9 Å². The molecule has 1 aliphatic carbocycles. The van der Waals surface area contributed by atoms with Gasteiger partial charge in [-0.25, -0.2) is 0 Å². The number of aliphatic hydroxyl groups is 1. The average molecular weight is 299 g/mol. The van der Waals surface area contributed by atoms with Gasteiger partial charge in [0.1, 0.15) is 0 Å². The van der Waals surface area contributed by atoms with Crippen LogP contribution in [0.4, 0.5) is 0 Å². The molecule has 1 aromatic heterocycles. The topological polar surface area (TPSA) is 38.0 Å². The van der Waals surface area contributed by atoms with Gasteiger partial charge in [0.25, 0.3) is 0 Å². The molecule has 3 nitrogen and oxygen atoms in total. The van der Waals surface area contributed by atoms with Crippen molar-refractivity contribution in [2.24, 2.45) is 24.8 Å². The van der Waals surface area contributed by atoms with E-state index in [1.807, 2.05) is 11.7 Å². The quantitative estimate of drug-likeness (QED) is 0.922. The maximum Gasteiger partial charge on any atom is 0.0849 e. The zero-order valence-electron chi connectivity index (χ0n) is 13.1. The first kappa shape index (κ1) is 15.8. The molecule has 0 aliphatic heterocycles. The zero-order chi connectivity index (χ0) is 14.9. The Morgan fingerprint density at radius 2 is 2.10 bits per heavy atom. The third-order valence-electron chi connectivity index (χ3n) is 4.88. The zero-order valence-corrected chi connectivity index (χ0v) is 13.8. The minimum Gasteiger partial charge on any atom is -0.393 e. The molecule has 0 aromatic carbocycles. The number of rotatable bonds is 4. The molecular weight excluding hydrogens is 272 g/mol. The predicted molar refractivity (Wildman–Crippen MR) is 83.0 cm³/mol. The Bertz CT molecular complexity index is 456. The van der Waals surface area contributed by atoms with Crippen molar-refractivity contribution in [1.29, 1.82) is 0 Å². The summed E-state index contributed by atoms with van der Waals surface area (Å²) in [5.74, 6) is 1.73. The molecule has 0 saturated heterocycles. The van der Waals surface area contributed by atoms with Gasteiger partial charge in [0.2, 0.25) is 0 Å². The van der Waals surface area contributed by atoms with E-state index in [0.717, 1.165) is 54.4 Å². The molecule has 1 saturated carbocycles. The molecule has 0 spiro atoms. The maximum atomic E-state index is 10.3. The molecule has 2 rings (SSSR count). The molecule has 0 radical (unpaired) electrons. The molecule has 114 valence electrons. The fourth-order valence-electron chi connectivity index (χ4n) is 3.40.